The summed E-state index contributed by atoms with van der Waals surface area (Å²) in [7, 11) is 0. The topological polar surface area (TPSA) is 22.1 Å². The summed E-state index contributed by atoms with van der Waals surface area (Å²) in [6, 6.07) is 8.73. The number of rotatable bonds is 3. The predicted molar refractivity (Wildman–Crippen MR) is 77.8 cm³/mol. The van der Waals surface area contributed by atoms with E-state index in [1.165, 1.54) is 12.1 Å². The van der Waals surface area contributed by atoms with Crippen LogP contribution >= 0.6 is 23.0 Å². The van der Waals surface area contributed by atoms with Crippen molar-refractivity contribution in [3.8, 4) is 5.75 Å². The fourth-order valence-electron chi connectivity index (χ4n) is 1.83. The first-order valence-electron chi connectivity index (χ1n) is 5.83. The van der Waals surface area contributed by atoms with E-state index in [0.717, 1.165) is 23.4 Å². The highest BCUT2D eigenvalue weighted by Crippen LogP contribution is 2.31. The molecule has 0 bridgehead atoms. The molecule has 20 heavy (non-hydrogen) atoms. The number of hydrogen-bond acceptors (Lipinski definition) is 2. The van der Waals surface area contributed by atoms with Crippen molar-refractivity contribution in [2.24, 2.45) is 0 Å². The van der Waals surface area contributed by atoms with Crippen LogP contribution in [0, 0.1) is 0 Å². The molecule has 0 amide bonds. The SMILES string of the molecule is CC(c1ccc(C(F)(F)F)cc1)c1ccc(OI)cn1. The summed E-state index contributed by atoms with van der Waals surface area (Å²) in [4.78, 5) is 4.24. The Morgan fingerprint density at radius 1 is 1.10 bits per heavy atom. The number of pyridine rings is 1. The molecule has 1 aromatic heterocycles. The minimum absolute atomic E-state index is 0.0828. The van der Waals surface area contributed by atoms with Crippen LogP contribution in [0.25, 0.3) is 0 Å². The van der Waals surface area contributed by atoms with Crippen molar-refractivity contribution in [1.29, 1.82) is 0 Å². The van der Waals surface area contributed by atoms with Gasteiger partial charge in [-0.3, -0.25) is 4.98 Å². The van der Waals surface area contributed by atoms with Crippen LogP contribution in [0.15, 0.2) is 42.6 Å². The first-order chi connectivity index (χ1) is 9.41. The standard InChI is InChI=1S/C14H11F3INO/c1-9(13-7-6-12(20-18)8-19-13)10-2-4-11(5-3-10)14(15,16)17/h2-9H,1H3. The Morgan fingerprint density at radius 3 is 2.20 bits per heavy atom. The second kappa shape index (κ2) is 5.99. The number of alkyl halides is 3. The van der Waals surface area contributed by atoms with Gasteiger partial charge in [-0.25, -0.2) is 0 Å². The number of benzene rings is 1. The maximum Gasteiger partial charge on any atom is 0.416 e. The average molecular weight is 393 g/mol. The third kappa shape index (κ3) is 3.41. The van der Waals surface area contributed by atoms with Gasteiger partial charge < -0.3 is 3.07 Å². The summed E-state index contributed by atoms with van der Waals surface area (Å²) in [5, 5.41) is 0. The summed E-state index contributed by atoms with van der Waals surface area (Å²) in [6.07, 6.45) is -2.72. The molecule has 106 valence electrons. The Morgan fingerprint density at radius 2 is 1.75 bits per heavy atom. The van der Waals surface area contributed by atoms with Gasteiger partial charge >= 0.3 is 6.18 Å². The summed E-state index contributed by atoms with van der Waals surface area (Å²) in [6.45, 7) is 1.90. The lowest BCUT2D eigenvalue weighted by Gasteiger charge is -2.13. The third-order valence-corrected chi connectivity index (χ3v) is 3.54. The van der Waals surface area contributed by atoms with Gasteiger partial charge in [-0.05, 0) is 29.8 Å². The van der Waals surface area contributed by atoms with Gasteiger partial charge in [0, 0.05) is 11.6 Å². The molecule has 0 fully saturated rings. The second-order valence-corrected chi connectivity index (χ2v) is 4.78. The van der Waals surface area contributed by atoms with Crippen LogP contribution in [-0.4, -0.2) is 4.98 Å². The fraction of sp³-hybridized carbons (Fsp3) is 0.214. The summed E-state index contributed by atoms with van der Waals surface area (Å²) < 4.78 is 42.5. The van der Waals surface area contributed by atoms with Gasteiger partial charge in [0.1, 0.15) is 0 Å². The molecule has 1 atom stereocenters. The van der Waals surface area contributed by atoms with Gasteiger partial charge in [-0.15, -0.1) is 0 Å². The van der Waals surface area contributed by atoms with E-state index in [-0.39, 0.29) is 5.92 Å². The first kappa shape index (κ1) is 15.1. The van der Waals surface area contributed by atoms with Gasteiger partial charge in [0.15, 0.2) is 28.8 Å². The molecule has 2 nitrogen and oxygen atoms in total. The molecule has 0 spiro atoms. The minimum atomic E-state index is -4.31. The third-order valence-electron chi connectivity index (χ3n) is 3.03. The minimum Gasteiger partial charge on any atom is -0.426 e. The maximum absolute atomic E-state index is 12.5. The van der Waals surface area contributed by atoms with Crippen LogP contribution in [0.1, 0.15) is 29.7 Å². The molecule has 0 aliphatic rings. The van der Waals surface area contributed by atoms with Crippen LogP contribution in [0.4, 0.5) is 13.2 Å². The molecular weight excluding hydrogens is 382 g/mol. The van der Waals surface area contributed by atoms with E-state index >= 15 is 0 Å². The molecule has 1 heterocycles. The lowest BCUT2D eigenvalue weighted by atomic mass is 9.96. The zero-order valence-electron chi connectivity index (χ0n) is 10.5. The highest BCUT2D eigenvalue weighted by Gasteiger charge is 2.30. The smallest absolute Gasteiger partial charge is 0.416 e. The highest BCUT2D eigenvalue weighted by atomic mass is 127. The summed E-state index contributed by atoms with van der Waals surface area (Å²) >= 11 is 1.76. The van der Waals surface area contributed by atoms with Crippen molar-refractivity contribution < 1.29 is 16.2 Å². The van der Waals surface area contributed by atoms with Gasteiger partial charge in [-0.2, -0.15) is 13.2 Å². The van der Waals surface area contributed by atoms with E-state index in [2.05, 4.69) is 4.98 Å². The summed E-state index contributed by atoms with van der Waals surface area (Å²) in [5.41, 5.74) is 0.922. The van der Waals surface area contributed by atoms with Crippen molar-refractivity contribution in [2.75, 3.05) is 0 Å². The van der Waals surface area contributed by atoms with E-state index in [1.807, 2.05) is 6.92 Å². The Bertz CT molecular complexity index is 566. The zero-order chi connectivity index (χ0) is 14.8. The number of halogens is 4. The Labute approximate surface area is 128 Å². The first-order valence-corrected chi connectivity index (χ1v) is 6.71. The van der Waals surface area contributed by atoms with E-state index in [1.54, 1.807) is 41.3 Å². The molecule has 2 rings (SSSR count). The average Bonchev–Trinajstić information content (AvgIpc) is 2.46. The molecule has 1 unspecified atom stereocenters. The summed E-state index contributed by atoms with van der Waals surface area (Å²) in [5.74, 6) is 0.550. The van der Waals surface area contributed by atoms with Crippen molar-refractivity contribution in [2.45, 2.75) is 19.0 Å². The van der Waals surface area contributed by atoms with Crippen LogP contribution in [0.5, 0.6) is 5.75 Å². The van der Waals surface area contributed by atoms with Gasteiger partial charge in [0.25, 0.3) is 0 Å². The number of aromatic nitrogens is 1. The van der Waals surface area contributed by atoms with Crippen LogP contribution in [0.3, 0.4) is 0 Å². The normalized spacial score (nSPS) is 13.1. The largest absolute Gasteiger partial charge is 0.426 e. The molecule has 0 aliphatic carbocycles. The fourth-order valence-corrected chi connectivity index (χ4v) is 2.09. The molecule has 6 heteroatoms. The quantitative estimate of drug-likeness (QED) is 0.687. The Kier molecular flexibility index (Phi) is 4.52. The van der Waals surface area contributed by atoms with Crippen molar-refractivity contribution in [1.82, 2.24) is 4.98 Å². The zero-order valence-corrected chi connectivity index (χ0v) is 12.6. The Hall–Kier alpha value is -1.31. The van der Waals surface area contributed by atoms with Crippen LogP contribution < -0.4 is 3.07 Å². The lowest BCUT2D eigenvalue weighted by Crippen LogP contribution is -2.05. The van der Waals surface area contributed by atoms with E-state index in [4.69, 9.17) is 3.07 Å². The van der Waals surface area contributed by atoms with Crippen molar-refractivity contribution in [3.05, 3.63) is 59.4 Å². The molecule has 0 saturated heterocycles. The van der Waals surface area contributed by atoms with Gasteiger partial charge in [0.2, 0.25) is 0 Å². The highest BCUT2D eigenvalue weighted by molar-refractivity contribution is 14.1. The lowest BCUT2D eigenvalue weighted by molar-refractivity contribution is -0.137. The van der Waals surface area contributed by atoms with E-state index in [0.29, 0.717) is 5.75 Å². The van der Waals surface area contributed by atoms with Crippen molar-refractivity contribution >= 4 is 23.0 Å². The Balaban J connectivity index is 2.22. The monoisotopic (exact) mass is 393 g/mol. The van der Waals surface area contributed by atoms with Crippen LogP contribution in [0.2, 0.25) is 0 Å². The molecule has 0 N–H and O–H groups in total. The molecule has 0 radical (unpaired) electrons. The molecule has 0 saturated carbocycles. The van der Waals surface area contributed by atoms with Crippen molar-refractivity contribution in [3.63, 3.8) is 0 Å². The van der Waals surface area contributed by atoms with Crippen LogP contribution in [-0.2, 0) is 6.18 Å². The number of hydrogen-bond donors (Lipinski definition) is 0. The van der Waals surface area contributed by atoms with E-state index in [9.17, 15) is 13.2 Å². The molecule has 0 aliphatic heterocycles. The molecular formula is C14H11F3INO. The predicted octanol–water partition coefficient (Wildman–Crippen LogP) is 4.98. The van der Waals surface area contributed by atoms with E-state index < -0.39 is 11.7 Å². The second-order valence-electron chi connectivity index (χ2n) is 4.34. The van der Waals surface area contributed by atoms with Gasteiger partial charge in [-0.1, -0.05) is 19.1 Å². The van der Waals surface area contributed by atoms with Gasteiger partial charge in [0.05, 0.1) is 11.8 Å². The maximum atomic E-state index is 12.5. The number of nitrogens with zero attached hydrogens (tertiary/aromatic N) is 1. The molecule has 1 aromatic carbocycles. The molecule has 2 aromatic rings.